The molecular weight excluding hydrogens is 366 g/mol. The van der Waals surface area contributed by atoms with Crippen molar-refractivity contribution >= 4 is 28.4 Å². The molecule has 0 fully saturated rings. The van der Waals surface area contributed by atoms with Crippen molar-refractivity contribution in [3.8, 4) is 22.4 Å². The lowest BCUT2D eigenvalue weighted by atomic mass is 9.94. The Morgan fingerprint density at radius 1 is 0.821 bits per heavy atom. The van der Waals surface area contributed by atoms with E-state index in [1.54, 1.807) is 0 Å². The number of carbonyl (C=O) groups is 1. The molecule has 0 radical (unpaired) electrons. The number of rotatable bonds is 2. The maximum Gasteiger partial charge on any atom is 0.236 e. The molecule has 1 aromatic heterocycles. The van der Waals surface area contributed by atoms with Crippen LogP contribution in [-0.2, 0) is 0 Å². The van der Waals surface area contributed by atoms with Crippen LogP contribution < -0.4 is 0 Å². The third kappa shape index (κ3) is 3.14. The fraction of sp³-hybridized carbons (Fsp3) is 0.160. The second kappa shape index (κ2) is 6.96. The normalized spacial score (nSPS) is 11.7. The summed E-state index contributed by atoms with van der Waals surface area (Å²) in [5.41, 5.74) is 4.36. The van der Waals surface area contributed by atoms with Crippen molar-refractivity contribution < 1.29 is 4.79 Å². The van der Waals surface area contributed by atoms with Gasteiger partial charge >= 0.3 is 0 Å². The Morgan fingerprint density at radius 2 is 1.39 bits per heavy atom. The number of hydrogen-bond acceptors (Lipinski definition) is 1. The SMILES string of the molecule is CC(C)(C)C(=O)n1c(-c2ccccc2)c(-c2ccccc2)c2cc(Cl)ccc21. The maximum atomic E-state index is 13.5. The molecule has 0 saturated carbocycles. The molecule has 0 N–H and O–H groups in total. The molecule has 28 heavy (non-hydrogen) atoms. The van der Waals surface area contributed by atoms with Crippen LogP contribution in [0.15, 0.2) is 78.9 Å². The summed E-state index contributed by atoms with van der Waals surface area (Å²) in [5.74, 6) is 0.0563. The highest BCUT2D eigenvalue weighted by molar-refractivity contribution is 6.31. The van der Waals surface area contributed by atoms with Crippen LogP contribution >= 0.6 is 11.6 Å². The van der Waals surface area contributed by atoms with Gasteiger partial charge in [-0.3, -0.25) is 9.36 Å². The average Bonchev–Trinajstić information content (AvgIpc) is 3.02. The van der Waals surface area contributed by atoms with Crippen LogP contribution in [0, 0.1) is 5.41 Å². The lowest BCUT2D eigenvalue weighted by molar-refractivity contribution is 0.0775. The minimum absolute atomic E-state index is 0.0563. The molecule has 0 aliphatic rings. The van der Waals surface area contributed by atoms with Gasteiger partial charge in [0.25, 0.3) is 0 Å². The molecule has 4 aromatic rings. The van der Waals surface area contributed by atoms with Crippen LogP contribution in [0.3, 0.4) is 0 Å². The number of halogens is 1. The van der Waals surface area contributed by atoms with E-state index in [2.05, 4.69) is 24.3 Å². The van der Waals surface area contributed by atoms with Crippen molar-refractivity contribution in [2.75, 3.05) is 0 Å². The van der Waals surface area contributed by atoms with Gasteiger partial charge in [-0.1, -0.05) is 93.0 Å². The standard InChI is InChI=1S/C25H22ClNO/c1-25(2,3)24(28)27-21-15-14-19(26)16-20(21)22(17-10-6-4-7-11-17)23(27)18-12-8-5-9-13-18/h4-16H,1-3H3. The van der Waals surface area contributed by atoms with E-state index >= 15 is 0 Å². The number of fused-ring (bicyclic) bond motifs is 1. The molecular formula is C25H22ClNO. The molecule has 0 bridgehead atoms. The highest BCUT2D eigenvalue weighted by Crippen LogP contribution is 2.42. The summed E-state index contributed by atoms with van der Waals surface area (Å²) in [6.07, 6.45) is 0. The van der Waals surface area contributed by atoms with Crippen molar-refractivity contribution in [2.24, 2.45) is 5.41 Å². The van der Waals surface area contributed by atoms with Gasteiger partial charge in [-0.2, -0.15) is 0 Å². The smallest absolute Gasteiger partial charge is 0.236 e. The first-order valence-corrected chi connectivity index (χ1v) is 9.75. The fourth-order valence-corrected chi connectivity index (χ4v) is 3.75. The predicted octanol–water partition coefficient (Wildman–Crippen LogP) is 7.32. The Bertz CT molecular complexity index is 1150. The van der Waals surface area contributed by atoms with Crippen LogP contribution in [0.2, 0.25) is 5.02 Å². The molecule has 3 heteroatoms. The van der Waals surface area contributed by atoms with Crippen LogP contribution in [-0.4, -0.2) is 10.5 Å². The van der Waals surface area contributed by atoms with Crippen molar-refractivity contribution in [1.82, 2.24) is 4.57 Å². The summed E-state index contributed by atoms with van der Waals surface area (Å²) in [5, 5.41) is 1.64. The molecule has 0 spiro atoms. The molecule has 2 nitrogen and oxygen atoms in total. The van der Waals surface area contributed by atoms with E-state index in [1.165, 1.54) is 0 Å². The first kappa shape index (κ1) is 18.5. The van der Waals surface area contributed by atoms with Crippen molar-refractivity contribution in [2.45, 2.75) is 20.8 Å². The number of nitrogens with zero attached hydrogens (tertiary/aromatic N) is 1. The Labute approximate surface area is 170 Å². The van der Waals surface area contributed by atoms with E-state index in [1.807, 2.05) is 79.9 Å². The maximum absolute atomic E-state index is 13.5. The van der Waals surface area contributed by atoms with Gasteiger partial charge in [-0.15, -0.1) is 0 Å². The van der Waals surface area contributed by atoms with Gasteiger partial charge in [0.2, 0.25) is 5.91 Å². The zero-order chi connectivity index (χ0) is 19.9. The van der Waals surface area contributed by atoms with E-state index in [0.29, 0.717) is 5.02 Å². The van der Waals surface area contributed by atoms with Gasteiger partial charge in [0.15, 0.2) is 0 Å². The summed E-state index contributed by atoms with van der Waals surface area (Å²) >= 11 is 6.36. The Kier molecular flexibility index (Phi) is 4.60. The second-order valence-electron chi connectivity index (χ2n) is 8.01. The fourth-order valence-electron chi connectivity index (χ4n) is 3.58. The zero-order valence-electron chi connectivity index (χ0n) is 16.2. The number of hydrogen-bond donors (Lipinski definition) is 0. The lowest BCUT2D eigenvalue weighted by Gasteiger charge is -2.21. The van der Waals surface area contributed by atoms with E-state index in [9.17, 15) is 4.79 Å². The van der Waals surface area contributed by atoms with Crippen LogP contribution in [0.1, 0.15) is 25.6 Å². The summed E-state index contributed by atoms with van der Waals surface area (Å²) in [6, 6.07) is 26.0. The topological polar surface area (TPSA) is 22.0 Å². The first-order valence-electron chi connectivity index (χ1n) is 9.37. The molecule has 0 atom stereocenters. The number of benzene rings is 3. The average molecular weight is 388 g/mol. The number of carbonyl (C=O) groups excluding carboxylic acids is 1. The van der Waals surface area contributed by atoms with Gasteiger partial charge < -0.3 is 0 Å². The summed E-state index contributed by atoms with van der Waals surface area (Å²) < 4.78 is 1.86. The van der Waals surface area contributed by atoms with Crippen LogP contribution in [0.5, 0.6) is 0 Å². The first-order chi connectivity index (χ1) is 13.4. The zero-order valence-corrected chi connectivity index (χ0v) is 17.0. The molecule has 0 saturated heterocycles. The lowest BCUT2D eigenvalue weighted by Crippen LogP contribution is -2.27. The molecule has 0 amide bonds. The van der Waals surface area contributed by atoms with Gasteiger partial charge in [-0.05, 0) is 29.3 Å². The Balaban J connectivity index is 2.20. The molecule has 0 aliphatic heterocycles. The minimum Gasteiger partial charge on any atom is -0.279 e. The molecule has 3 aromatic carbocycles. The molecule has 1 heterocycles. The van der Waals surface area contributed by atoms with E-state index in [4.69, 9.17) is 11.6 Å². The van der Waals surface area contributed by atoms with Crippen LogP contribution in [0.25, 0.3) is 33.3 Å². The van der Waals surface area contributed by atoms with Gasteiger partial charge in [-0.25, -0.2) is 0 Å². The van der Waals surface area contributed by atoms with Gasteiger partial charge in [0.1, 0.15) is 0 Å². The third-order valence-corrected chi connectivity index (χ3v) is 5.12. The quantitative estimate of drug-likeness (QED) is 0.353. The number of aromatic nitrogens is 1. The summed E-state index contributed by atoms with van der Waals surface area (Å²) in [4.78, 5) is 13.5. The molecule has 140 valence electrons. The van der Waals surface area contributed by atoms with E-state index < -0.39 is 5.41 Å². The third-order valence-electron chi connectivity index (χ3n) is 4.88. The van der Waals surface area contributed by atoms with Crippen molar-refractivity contribution in [3.63, 3.8) is 0 Å². The Morgan fingerprint density at radius 3 is 1.96 bits per heavy atom. The molecule has 0 aliphatic carbocycles. The monoisotopic (exact) mass is 387 g/mol. The second-order valence-corrected chi connectivity index (χ2v) is 8.44. The van der Waals surface area contributed by atoms with Gasteiger partial charge in [0.05, 0.1) is 11.2 Å². The van der Waals surface area contributed by atoms with E-state index in [0.717, 1.165) is 33.3 Å². The highest BCUT2D eigenvalue weighted by atomic mass is 35.5. The summed E-state index contributed by atoms with van der Waals surface area (Å²) in [7, 11) is 0. The molecule has 0 unspecified atom stereocenters. The van der Waals surface area contributed by atoms with Gasteiger partial charge in [0, 0.05) is 21.4 Å². The van der Waals surface area contributed by atoms with Crippen molar-refractivity contribution in [1.29, 1.82) is 0 Å². The molecule has 4 rings (SSSR count). The van der Waals surface area contributed by atoms with Crippen molar-refractivity contribution in [3.05, 3.63) is 83.9 Å². The predicted molar refractivity (Wildman–Crippen MR) is 118 cm³/mol. The van der Waals surface area contributed by atoms with E-state index in [-0.39, 0.29) is 5.91 Å². The summed E-state index contributed by atoms with van der Waals surface area (Å²) in [6.45, 7) is 5.86. The Hall–Kier alpha value is -2.84. The minimum atomic E-state index is -0.525. The largest absolute Gasteiger partial charge is 0.279 e. The highest BCUT2D eigenvalue weighted by Gasteiger charge is 2.30. The van der Waals surface area contributed by atoms with Crippen LogP contribution in [0.4, 0.5) is 0 Å².